The second-order valence-electron chi connectivity index (χ2n) is 4.47. The van der Waals surface area contributed by atoms with Gasteiger partial charge in [-0.25, -0.2) is 9.97 Å². The second-order valence-corrected chi connectivity index (χ2v) is 5.36. The van der Waals surface area contributed by atoms with Crippen LogP contribution in [0.3, 0.4) is 0 Å². The Bertz CT molecular complexity index is 726. The fourth-order valence-electron chi connectivity index (χ4n) is 2.21. The number of methoxy groups -OCH3 is 1. The Kier molecular flexibility index (Phi) is 3.52. The highest BCUT2D eigenvalue weighted by Gasteiger charge is 2.13. The molecule has 1 atom stereocenters. The first-order valence-corrected chi connectivity index (χ1v) is 7.25. The summed E-state index contributed by atoms with van der Waals surface area (Å²) in [7, 11) is 1.69. The zero-order valence-electron chi connectivity index (χ0n) is 11.3. The van der Waals surface area contributed by atoms with Crippen molar-refractivity contribution < 1.29 is 4.74 Å². The topological polar surface area (TPSA) is 47.0 Å². The number of nitrogens with one attached hydrogen (secondary N) is 1. The predicted molar refractivity (Wildman–Crippen MR) is 82.4 cm³/mol. The van der Waals surface area contributed by atoms with Crippen LogP contribution in [0.4, 0.5) is 5.82 Å². The molecule has 3 rings (SSSR count). The third-order valence-corrected chi connectivity index (χ3v) is 4.04. The van der Waals surface area contributed by atoms with Gasteiger partial charge in [0.2, 0.25) is 0 Å². The van der Waals surface area contributed by atoms with Crippen LogP contribution >= 0.6 is 11.3 Å². The van der Waals surface area contributed by atoms with E-state index >= 15 is 0 Å². The maximum absolute atomic E-state index is 5.41. The molecule has 0 radical (unpaired) electrons. The molecule has 3 aromatic rings. The van der Waals surface area contributed by atoms with E-state index in [1.807, 2.05) is 29.6 Å². The minimum atomic E-state index is 0.101. The van der Waals surface area contributed by atoms with Crippen LogP contribution in [0.1, 0.15) is 18.5 Å². The summed E-state index contributed by atoms with van der Waals surface area (Å²) in [6.45, 7) is 2.10. The lowest BCUT2D eigenvalue weighted by Crippen LogP contribution is -2.09. The first kappa shape index (κ1) is 12.9. The van der Waals surface area contributed by atoms with Gasteiger partial charge in [0.1, 0.15) is 22.7 Å². The molecule has 0 saturated heterocycles. The number of fused-ring (bicyclic) bond motifs is 1. The minimum Gasteiger partial charge on any atom is -0.496 e. The van der Waals surface area contributed by atoms with Crippen LogP contribution in [0.5, 0.6) is 5.75 Å². The third kappa shape index (κ3) is 2.32. The molecule has 0 aliphatic heterocycles. The third-order valence-electron chi connectivity index (χ3n) is 3.22. The van der Waals surface area contributed by atoms with Crippen LogP contribution in [0.2, 0.25) is 0 Å². The van der Waals surface area contributed by atoms with E-state index in [9.17, 15) is 0 Å². The number of nitrogens with zero attached hydrogens (tertiary/aromatic N) is 2. The first-order valence-electron chi connectivity index (χ1n) is 6.37. The van der Waals surface area contributed by atoms with Crippen molar-refractivity contribution in [1.82, 2.24) is 9.97 Å². The van der Waals surface area contributed by atoms with E-state index in [2.05, 4.69) is 28.3 Å². The average Bonchev–Trinajstić information content (AvgIpc) is 2.96. The average molecular weight is 285 g/mol. The molecule has 0 aliphatic carbocycles. The monoisotopic (exact) mass is 285 g/mol. The van der Waals surface area contributed by atoms with Gasteiger partial charge in [0.15, 0.2) is 0 Å². The van der Waals surface area contributed by atoms with Gasteiger partial charge in [0.05, 0.1) is 18.5 Å². The highest BCUT2D eigenvalue weighted by Crippen LogP contribution is 2.30. The summed E-state index contributed by atoms with van der Waals surface area (Å²) in [5, 5.41) is 6.52. The molecule has 1 aromatic carbocycles. The Hall–Kier alpha value is -2.14. The van der Waals surface area contributed by atoms with Crippen molar-refractivity contribution in [3.63, 3.8) is 0 Å². The minimum absolute atomic E-state index is 0.101. The lowest BCUT2D eigenvalue weighted by Gasteiger charge is -2.18. The molecule has 0 saturated carbocycles. The summed E-state index contributed by atoms with van der Waals surface area (Å²) >= 11 is 1.62. The number of hydrogen-bond donors (Lipinski definition) is 1. The number of aromatic nitrogens is 2. The molecule has 0 spiro atoms. The van der Waals surface area contributed by atoms with Gasteiger partial charge in [0.25, 0.3) is 0 Å². The molecule has 0 fully saturated rings. The summed E-state index contributed by atoms with van der Waals surface area (Å²) < 4.78 is 5.41. The number of hydrogen-bond acceptors (Lipinski definition) is 5. The van der Waals surface area contributed by atoms with Crippen molar-refractivity contribution in [1.29, 1.82) is 0 Å². The molecule has 5 heteroatoms. The van der Waals surface area contributed by atoms with Crippen LogP contribution in [0, 0.1) is 0 Å². The Morgan fingerprint density at radius 2 is 2.05 bits per heavy atom. The number of ether oxygens (including phenoxy) is 1. The van der Waals surface area contributed by atoms with Crippen molar-refractivity contribution in [3.05, 3.63) is 47.6 Å². The summed E-state index contributed by atoms with van der Waals surface area (Å²) in [5.41, 5.74) is 1.11. The summed E-state index contributed by atoms with van der Waals surface area (Å²) in [6, 6.07) is 10.1. The molecule has 102 valence electrons. The van der Waals surface area contributed by atoms with E-state index in [4.69, 9.17) is 4.74 Å². The van der Waals surface area contributed by atoms with Crippen LogP contribution < -0.4 is 10.1 Å². The van der Waals surface area contributed by atoms with Gasteiger partial charge >= 0.3 is 0 Å². The highest BCUT2D eigenvalue weighted by atomic mass is 32.1. The van der Waals surface area contributed by atoms with Crippen LogP contribution in [-0.4, -0.2) is 17.1 Å². The SMILES string of the molecule is COc1ccccc1C(C)Nc1ncnc2sccc12. The molecule has 0 bridgehead atoms. The lowest BCUT2D eigenvalue weighted by molar-refractivity contribution is 0.408. The van der Waals surface area contributed by atoms with Gasteiger partial charge < -0.3 is 10.1 Å². The number of thiophene rings is 1. The van der Waals surface area contributed by atoms with Crippen molar-refractivity contribution in [2.24, 2.45) is 0 Å². The largest absolute Gasteiger partial charge is 0.496 e. The Labute approximate surface area is 121 Å². The highest BCUT2D eigenvalue weighted by molar-refractivity contribution is 7.16. The molecule has 4 nitrogen and oxygen atoms in total. The van der Waals surface area contributed by atoms with Crippen molar-refractivity contribution in [2.45, 2.75) is 13.0 Å². The fraction of sp³-hybridized carbons (Fsp3) is 0.200. The number of para-hydroxylation sites is 1. The standard InChI is InChI=1S/C15H15N3OS/c1-10(11-5-3-4-6-13(11)19-2)18-14-12-7-8-20-15(12)17-9-16-14/h3-10H,1-2H3,(H,16,17,18). The van der Waals surface area contributed by atoms with Gasteiger partial charge in [-0.1, -0.05) is 18.2 Å². The number of benzene rings is 1. The number of anilines is 1. The Morgan fingerprint density at radius 3 is 2.90 bits per heavy atom. The van der Waals surface area contributed by atoms with E-state index < -0.39 is 0 Å². The molecular weight excluding hydrogens is 270 g/mol. The normalized spacial score (nSPS) is 12.3. The first-order chi connectivity index (χ1) is 9.79. The zero-order chi connectivity index (χ0) is 13.9. The van der Waals surface area contributed by atoms with Gasteiger partial charge in [-0.05, 0) is 24.4 Å². The summed E-state index contributed by atoms with van der Waals surface area (Å²) in [5.74, 6) is 1.73. The van der Waals surface area contributed by atoms with Gasteiger partial charge in [-0.2, -0.15) is 0 Å². The quantitative estimate of drug-likeness (QED) is 0.790. The Morgan fingerprint density at radius 1 is 1.20 bits per heavy atom. The summed E-state index contributed by atoms with van der Waals surface area (Å²) in [4.78, 5) is 9.60. The number of rotatable bonds is 4. The predicted octanol–water partition coefficient (Wildman–Crippen LogP) is 3.87. The van der Waals surface area contributed by atoms with Gasteiger partial charge in [0, 0.05) is 5.56 Å². The molecule has 0 amide bonds. The second kappa shape index (κ2) is 5.46. The van der Waals surface area contributed by atoms with E-state index in [-0.39, 0.29) is 6.04 Å². The molecule has 2 heterocycles. The van der Waals surface area contributed by atoms with Crippen LogP contribution in [0.25, 0.3) is 10.2 Å². The molecule has 20 heavy (non-hydrogen) atoms. The molecule has 1 N–H and O–H groups in total. The summed E-state index contributed by atoms with van der Waals surface area (Å²) in [6.07, 6.45) is 1.59. The maximum atomic E-state index is 5.41. The fourth-order valence-corrected chi connectivity index (χ4v) is 2.94. The van der Waals surface area contributed by atoms with Crippen LogP contribution in [-0.2, 0) is 0 Å². The lowest BCUT2D eigenvalue weighted by atomic mass is 10.1. The Balaban J connectivity index is 1.92. The molecule has 1 unspecified atom stereocenters. The van der Waals surface area contributed by atoms with Crippen molar-refractivity contribution >= 4 is 27.4 Å². The van der Waals surface area contributed by atoms with E-state index in [1.165, 1.54) is 0 Å². The van der Waals surface area contributed by atoms with Gasteiger partial charge in [-0.15, -0.1) is 11.3 Å². The van der Waals surface area contributed by atoms with Crippen molar-refractivity contribution in [2.75, 3.05) is 12.4 Å². The van der Waals surface area contributed by atoms with E-state index in [1.54, 1.807) is 24.8 Å². The van der Waals surface area contributed by atoms with Crippen LogP contribution in [0.15, 0.2) is 42.0 Å². The molecule has 2 aromatic heterocycles. The van der Waals surface area contributed by atoms with Crippen molar-refractivity contribution in [3.8, 4) is 5.75 Å². The zero-order valence-corrected chi connectivity index (χ0v) is 12.1. The maximum Gasteiger partial charge on any atom is 0.138 e. The van der Waals surface area contributed by atoms with Gasteiger partial charge in [-0.3, -0.25) is 0 Å². The smallest absolute Gasteiger partial charge is 0.138 e. The van der Waals surface area contributed by atoms with E-state index in [0.717, 1.165) is 27.3 Å². The van der Waals surface area contributed by atoms with E-state index in [0.29, 0.717) is 0 Å². The molecular formula is C15H15N3OS. The molecule has 0 aliphatic rings.